The van der Waals surface area contributed by atoms with Gasteiger partial charge >= 0.3 is 6.03 Å². The summed E-state index contributed by atoms with van der Waals surface area (Å²) < 4.78 is 3.51. The van der Waals surface area contributed by atoms with Crippen LogP contribution in [-0.2, 0) is 12.0 Å². The molecule has 2 aromatic carbocycles. The first-order valence-electron chi connectivity index (χ1n) is 13.7. The van der Waals surface area contributed by atoms with Crippen LogP contribution in [-0.4, -0.2) is 40.5 Å². The van der Waals surface area contributed by atoms with E-state index in [2.05, 4.69) is 46.6 Å². The summed E-state index contributed by atoms with van der Waals surface area (Å²) in [5.74, 6) is 1.85. The zero-order valence-electron chi connectivity index (χ0n) is 23.9. The number of pyridine rings is 2. The number of carbonyl (C=O) groups is 1. The van der Waals surface area contributed by atoms with Gasteiger partial charge in [0.2, 0.25) is 0 Å². The van der Waals surface area contributed by atoms with Crippen LogP contribution in [0, 0.1) is 0 Å². The quantitative estimate of drug-likeness (QED) is 0.195. The molecule has 0 bridgehead atoms. The molecule has 0 aliphatic carbocycles. The maximum absolute atomic E-state index is 13.1. The van der Waals surface area contributed by atoms with E-state index in [9.17, 15) is 9.90 Å². The molecule has 2 amide bonds. The fourth-order valence-electron chi connectivity index (χ4n) is 4.48. The second kappa shape index (κ2) is 11.6. The van der Waals surface area contributed by atoms with E-state index in [1.165, 1.54) is 0 Å². The number of para-hydroxylation sites is 1. The molecule has 6 rings (SSSR count). The number of hydrogen-bond donors (Lipinski definition) is 3. The van der Waals surface area contributed by atoms with Crippen molar-refractivity contribution in [3.05, 3.63) is 109 Å². The van der Waals surface area contributed by atoms with Gasteiger partial charge in [0, 0.05) is 40.2 Å². The summed E-state index contributed by atoms with van der Waals surface area (Å²) in [5, 5.41) is 29.6. The molecule has 0 aliphatic heterocycles. The van der Waals surface area contributed by atoms with Gasteiger partial charge in [-0.15, -0.1) is 10.2 Å². The minimum Gasteiger partial charge on any atom is -0.507 e. The summed E-state index contributed by atoms with van der Waals surface area (Å²) in [6.07, 6.45) is 3.64. The van der Waals surface area contributed by atoms with Gasteiger partial charge in [-0.1, -0.05) is 68.9 Å². The van der Waals surface area contributed by atoms with Gasteiger partial charge < -0.3 is 10.4 Å². The summed E-state index contributed by atoms with van der Waals surface area (Å²) in [4.78, 5) is 19.4. The third-order valence-corrected chi connectivity index (χ3v) is 7.84. The standard InChI is InChI=1S/C32H30N8O2S/c1-32(2,3)26-18-29(40(38-26)27-14-8-9-17-33-27)35-31(42)34-19-21-10-4-7-13-25(21)43-22-15-16-28-36-37-30(39(28)20-22)23-11-5-6-12-24(23)41/h4-18,20,41H,19H2,1-3H3,(H2,34,35,42). The molecule has 216 valence electrons. The molecule has 11 heteroatoms. The normalized spacial score (nSPS) is 11.5. The highest BCUT2D eigenvalue weighted by atomic mass is 32.2. The average molecular weight is 591 g/mol. The number of phenolic OH excluding ortho intramolecular Hbond substituents is 1. The number of aromatic hydroxyl groups is 1. The number of amides is 2. The Morgan fingerprint density at radius 3 is 2.53 bits per heavy atom. The van der Waals surface area contributed by atoms with Gasteiger partial charge in [-0.3, -0.25) is 9.72 Å². The van der Waals surface area contributed by atoms with E-state index in [-0.39, 0.29) is 17.2 Å². The molecule has 0 saturated heterocycles. The first-order valence-corrected chi connectivity index (χ1v) is 14.5. The second-order valence-electron chi connectivity index (χ2n) is 10.9. The SMILES string of the molecule is CC(C)(C)c1cc(NC(=O)NCc2ccccc2Sc2ccc3nnc(-c4ccccc4O)n3c2)n(-c2ccccn2)n1. The molecule has 0 spiro atoms. The molecule has 0 atom stereocenters. The van der Waals surface area contributed by atoms with Gasteiger partial charge in [0.25, 0.3) is 0 Å². The van der Waals surface area contributed by atoms with Crippen LogP contribution in [0.25, 0.3) is 22.9 Å². The molecule has 0 aliphatic rings. The number of benzene rings is 2. The Morgan fingerprint density at radius 1 is 0.953 bits per heavy atom. The Morgan fingerprint density at radius 2 is 1.74 bits per heavy atom. The van der Waals surface area contributed by atoms with Crippen molar-refractivity contribution in [2.24, 2.45) is 0 Å². The van der Waals surface area contributed by atoms with Crippen LogP contribution < -0.4 is 10.6 Å². The molecule has 10 nitrogen and oxygen atoms in total. The van der Waals surface area contributed by atoms with Gasteiger partial charge in [0.15, 0.2) is 17.3 Å². The molecule has 3 N–H and O–H groups in total. The minimum absolute atomic E-state index is 0.141. The lowest BCUT2D eigenvalue weighted by atomic mass is 9.92. The molecule has 0 radical (unpaired) electrons. The van der Waals surface area contributed by atoms with E-state index in [1.807, 2.05) is 83.4 Å². The smallest absolute Gasteiger partial charge is 0.320 e. The Balaban J connectivity index is 1.19. The van der Waals surface area contributed by atoms with E-state index in [1.54, 1.807) is 34.8 Å². The van der Waals surface area contributed by atoms with Crippen molar-refractivity contribution < 1.29 is 9.90 Å². The van der Waals surface area contributed by atoms with E-state index >= 15 is 0 Å². The Bertz CT molecular complexity index is 1910. The topological polar surface area (TPSA) is 122 Å². The maximum atomic E-state index is 13.1. The van der Waals surface area contributed by atoms with Crippen LogP contribution >= 0.6 is 11.8 Å². The van der Waals surface area contributed by atoms with Crippen molar-refractivity contribution in [3.8, 4) is 23.0 Å². The van der Waals surface area contributed by atoms with Crippen LogP contribution in [0.4, 0.5) is 10.6 Å². The Hall–Kier alpha value is -5.16. The third kappa shape index (κ3) is 6.07. The number of hydrogen-bond acceptors (Lipinski definition) is 7. The van der Waals surface area contributed by atoms with Crippen molar-refractivity contribution in [2.75, 3.05) is 5.32 Å². The number of nitrogens with one attached hydrogen (secondary N) is 2. The molecule has 4 heterocycles. The number of anilines is 1. The second-order valence-corrected chi connectivity index (χ2v) is 12.0. The fourth-order valence-corrected chi connectivity index (χ4v) is 5.45. The summed E-state index contributed by atoms with van der Waals surface area (Å²) in [5.41, 5.74) is 2.87. The van der Waals surface area contributed by atoms with Crippen molar-refractivity contribution in [2.45, 2.75) is 42.5 Å². The number of phenols is 1. The average Bonchev–Trinajstić information content (AvgIpc) is 3.62. The van der Waals surface area contributed by atoms with Crippen molar-refractivity contribution in [3.63, 3.8) is 0 Å². The van der Waals surface area contributed by atoms with E-state index < -0.39 is 0 Å². The number of aromatic nitrogens is 6. The molecule has 0 fully saturated rings. The largest absolute Gasteiger partial charge is 0.507 e. The van der Waals surface area contributed by atoms with E-state index in [4.69, 9.17) is 5.10 Å². The van der Waals surface area contributed by atoms with Gasteiger partial charge in [0.05, 0.1) is 11.3 Å². The van der Waals surface area contributed by atoms with Gasteiger partial charge in [-0.25, -0.2) is 9.78 Å². The summed E-state index contributed by atoms with van der Waals surface area (Å²) >= 11 is 1.57. The zero-order chi connectivity index (χ0) is 30.0. The van der Waals surface area contributed by atoms with Crippen LogP contribution in [0.3, 0.4) is 0 Å². The predicted octanol–water partition coefficient (Wildman–Crippen LogP) is 6.45. The lowest BCUT2D eigenvalue weighted by Gasteiger charge is -2.13. The first-order chi connectivity index (χ1) is 20.8. The Kier molecular flexibility index (Phi) is 7.56. The monoisotopic (exact) mass is 590 g/mol. The molecular weight excluding hydrogens is 560 g/mol. The van der Waals surface area contributed by atoms with E-state index in [0.717, 1.165) is 21.0 Å². The van der Waals surface area contributed by atoms with Crippen LogP contribution in [0.1, 0.15) is 32.0 Å². The number of carbonyl (C=O) groups excluding carboxylic acids is 1. The van der Waals surface area contributed by atoms with Gasteiger partial charge in [-0.05, 0) is 48.0 Å². The summed E-state index contributed by atoms with van der Waals surface area (Å²) in [6, 6.07) is 25.9. The lowest BCUT2D eigenvalue weighted by molar-refractivity contribution is 0.251. The molecular formula is C32H30N8O2S. The zero-order valence-corrected chi connectivity index (χ0v) is 24.7. The molecule has 0 saturated carbocycles. The summed E-state index contributed by atoms with van der Waals surface area (Å²) in [7, 11) is 0. The van der Waals surface area contributed by atoms with Crippen molar-refractivity contribution >= 4 is 29.3 Å². The number of nitrogens with zero attached hydrogens (tertiary/aromatic N) is 6. The third-order valence-electron chi connectivity index (χ3n) is 6.75. The van der Waals surface area contributed by atoms with Gasteiger partial charge in [-0.2, -0.15) is 9.78 Å². The molecule has 6 aromatic rings. The highest BCUT2D eigenvalue weighted by molar-refractivity contribution is 7.99. The highest BCUT2D eigenvalue weighted by Gasteiger charge is 2.22. The minimum atomic E-state index is -0.351. The van der Waals surface area contributed by atoms with Crippen LogP contribution in [0.2, 0.25) is 0 Å². The first kappa shape index (κ1) is 28.0. The van der Waals surface area contributed by atoms with Crippen molar-refractivity contribution in [1.82, 2.24) is 34.7 Å². The molecule has 4 aromatic heterocycles. The number of fused-ring (bicyclic) bond motifs is 1. The molecule has 43 heavy (non-hydrogen) atoms. The van der Waals surface area contributed by atoms with Crippen molar-refractivity contribution in [1.29, 1.82) is 0 Å². The number of rotatable bonds is 7. The predicted molar refractivity (Wildman–Crippen MR) is 167 cm³/mol. The number of urea groups is 1. The van der Waals surface area contributed by atoms with Crippen LogP contribution in [0.15, 0.2) is 107 Å². The van der Waals surface area contributed by atoms with Crippen LogP contribution in [0.5, 0.6) is 5.75 Å². The summed E-state index contributed by atoms with van der Waals surface area (Å²) in [6.45, 7) is 6.54. The molecule has 0 unspecified atom stereocenters. The maximum Gasteiger partial charge on any atom is 0.320 e. The highest BCUT2D eigenvalue weighted by Crippen LogP contribution is 2.33. The Labute approximate surface area is 252 Å². The fraction of sp³-hybridized carbons (Fsp3) is 0.156. The lowest BCUT2D eigenvalue weighted by Crippen LogP contribution is -2.29. The van der Waals surface area contributed by atoms with Gasteiger partial charge in [0.1, 0.15) is 11.6 Å². The van der Waals surface area contributed by atoms with E-state index in [0.29, 0.717) is 35.2 Å².